The predicted molar refractivity (Wildman–Crippen MR) is 108 cm³/mol. The van der Waals surface area contributed by atoms with Gasteiger partial charge < -0.3 is 9.47 Å². The van der Waals surface area contributed by atoms with Crippen molar-refractivity contribution in [3.63, 3.8) is 0 Å². The van der Waals surface area contributed by atoms with Gasteiger partial charge in [0, 0.05) is 11.8 Å². The Balaban J connectivity index is 2.38. The van der Waals surface area contributed by atoms with E-state index >= 15 is 0 Å². The first kappa shape index (κ1) is 21.7. The number of carbonyl (C=O) groups is 2. The number of carbonyl (C=O) groups excluding carboxylic acids is 2. The molecule has 2 aromatic carbocycles. The van der Waals surface area contributed by atoms with Crippen LogP contribution in [0.3, 0.4) is 0 Å². The minimum absolute atomic E-state index is 0.212. The molecule has 0 N–H and O–H groups in total. The summed E-state index contributed by atoms with van der Waals surface area (Å²) in [4.78, 5) is 24.9. The van der Waals surface area contributed by atoms with Gasteiger partial charge in [-0.2, -0.15) is 10.2 Å². The van der Waals surface area contributed by atoms with Gasteiger partial charge in [-0.05, 0) is 37.6 Å². The van der Waals surface area contributed by atoms with Crippen LogP contribution in [0.1, 0.15) is 12.5 Å². The smallest absolute Gasteiger partial charge is 0.276 e. The number of amides is 1. The molecule has 1 unspecified atom stereocenters. The molecule has 0 radical (unpaired) electrons. The SMILES string of the molecule is COc1cccc(N(Cl)C(=O)C(N=Nc2c(C)cccc2Cl)C(C)=O)c1OC. The minimum Gasteiger partial charge on any atom is -0.493 e. The molecule has 0 saturated carbocycles. The fourth-order valence-corrected chi connectivity index (χ4v) is 2.91. The molecule has 7 nitrogen and oxygen atoms in total. The number of anilines is 1. The zero-order valence-corrected chi connectivity index (χ0v) is 17.3. The van der Waals surface area contributed by atoms with Gasteiger partial charge in [0.25, 0.3) is 5.91 Å². The Bertz CT molecular complexity index is 898. The number of benzene rings is 2. The first-order valence-electron chi connectivity index (χ1n) is 8.19. The molecule has 1 atom stereocenters. The van der Waals surface area contributed by atoms with E-state index in [2.05, 4.69) is 10.2 Å². The van der Waals surface area contributed by atoms with Crippen molar-refractivity contribution >= 4 is 46.4 Å². The van der Waals surface area contributed by atoms with Crippen LogP contribution < -0.4 is 13.9 Å². The van der Waals surface area contributed by atoms with Crippen LogP contribution in [0.2, 0.25) is 5.02 Å². The molecule has 0 fully saturated rings. The van der Waals surface area contributed by atoms with Crippen LogP contribution in [0.5, 0.6) is 11.5 Å². The van der Waals surface area contributed by atoms with Crippen molar-refractivity contribution in [1.29, 1.82) is 0 Å². The number of Topliss-reactive ketones (excluding diaryl/α,β-unsaturated/α-hetero) is 1. The minimum atomic E-state index is -1.44. The Kier molecular flexibility index (Phi) is 7.37. The van der Waals surface area contributed by atoms with Gasteiger partial charge in [0.1, 0.15) is 11.4 Å². The van der Waals surface area contributed by atoms with E-state index in [0.29, 0.717) is 16.5 Å². The summed E-state index contributed by atoms with van der Waals surface area (Å²) in [6.07, 6.45) is 0. The van der Waals surface area contributed by atoms with Crippen molar-refractivity contribution in [2.75, 3.05) is 18.6 Å². The average molecular weight is 424 g/mol. The molecule has 28 heavy (non-hydrogen) atoms. The van der Waals surface area contributed by atoms with Crippen LogP contribution in [0.25, 0.3) is 0 Å². The summed E-state index contributed by atoms with van der Waals surface area (Å²) in [6.45, 7) is 3.02. The molecular formula is C19H19Cl2N3O4. The highest BCUT2D eigenvalue weighted by molar-refractivity contribution is 6.39. The summed E-state index contributed by atoms with van der Waals surface area (Å²) in [7, 11) is 2.87. The summed E-state index contributed by atoms with van der Waals surface area (Å²) in [5.74, 6) is -0.680. The van der Waals surface area contributed by atoms with E-state index in [0.717, 1.165) is 9.98 Å². The number of nitrogens with zero attached hydrogens (tertiary/aromatic N) is 3. The number of aryl methyl sites for hydroxylation is 1. The van der Waals surface area contributed by atoms with Gasteiger partial charge in [0.05, 0.1) is 19.2 Å². The highest BCUT2D eigenvalue weighted by atomic mass is 35.5. The third-order valence-corrected chi connectivity index (χ3v) is 4.52. The molecule has 0 heterocycles. The van der Waals surface area contributed by atoms with Crippen molar-refractivity contribution < 1.29 is 19.1 Å². The van der Waals surface area contributed by atoms with Crippen molar-refractivity contribution in [2.45, 2.75) is 19.9 Å². The second-order valence-corrected chi connectivity index (χ2v) is 6.51. The lowest BCUT2D eigenvalue weighted by Crippen LogP contribution is -2.36. The molecule has 0 spiro atoms. The Hall–Kier alpha value is -2.64. The number of para-hydroxylation sites is 1. The third-order valence-electron chi connectivity index (χ3n) is 3.87. The number of halogens is 2. The summed E-state index contributed by atoms with van der Waals surface area (Å²) in [5.41, 5.74) is 1.34. The zero-order chi connectivity index (χ0) is 20.8. The zero-order valence-electron chi connectivity index (χ0n) is 15.8. The second kappa shape index (κ2) is 9.52. The molecule has 0 bridgehead atoms. The van der Waals surface area contributed by atoms with Gasteiger partial charge >= 0.3 is 0 Å². The molecule has 2 rings (SSSR count). The molecule has 9 heteroatoms. The van der Waals surface area contributed by atoms with E-state index in [1.54, 1.807) is 43.3 Å². The van der Waals surface area contributed by atoms with E-state index in [1.165, 1.54) is 21.1 Å². The van der Waals surface area contributed by atoms with E-state index < -0.39 is 17.7 Å². The molecule has 2 aromatic rings. The van der Waals surface area contributed by atoms with Crippen LogP contribution in [0.15, 0.2) is 46.6 Å². The molecule has 0 aromatic heterocycles. The first-order valence-corrected chi connectivity index (χ1v) is 8.90. The van der Waals surface area contributed by atoms with E-state index in [9.17, 15) is 9.59 Å². The number of rotatable bonds is 7. The van der Waals surface area contributed by atoms with Gasteiger partial charge in [-0.1, -0.05) is 29.8 Å². The summed E-state index contributed by atoms with van der Waals surface area (Å²) >= 11 is 12.3. The maximum Gasteiger partial charge on any atom is 0.276 e. The standard InChI is InChI=1S/C19H19Cl2N3O4/c1-11-7-5-8-13(20)16(11)22-23-17(12(2)25)19(26)24(21)14-9-6-10-15(27-3)18(14)28-4/h5-10,17H,1-4H3. The lowest BCUT2D eigenvalue weighted by Gasteiger charge is -2.20. The number of hydrogen-bond acceptors (Lipinski definition) is 6. The van der Waals surface area contributed by atoms with Crippen molar-refractivity contribution in [1.82, 2.24) is 0 Å². The number of methoxy groups -OCH3 is 2. The normalized spacial score (nSPS) is 11.9. The topological polar surface area (TPSA) is 80.6 Å². The Labute approximate surface area is 173 Å². The molecule has 0 aliphatic heterocycles. The third kappa shape index (κ3) is 4.61. The molecule has 0 aliphatic rings. The van der Waals surface area contributed by atoms with Crippen LogP contribution in [-0.2, 0) is 9.59 Å². The number of azo groups is 1. The van der Waals surface area contributed by atoms with Crippen molar-refractivity contribution in [3.8, 4) is 11.5 Å². The predicted octanol–water partition coefficient (Wildman–Crippen LogP) is 4.89. The molecule has 0 saturated heterocycles. The molecule has 1 amide bonds. The number of hydrogen-bond donors (Lipinski definition) is 0. The average Bonchev–Trinajstić information content (AvgIpc) is 2.68. The van der Waals surface area contributed by atoms with Crippen molar-refractivity contribution in [2.24, 2.45) is 10.2 Å². The van der Waals surface area contributed by atoms with Crippen LogP contribution in [-0.4, -0.2) is 32.0 Å². The van der Waals surface area contributed by atoms with Gasteiger partial charge in [-0.3, -0.25) is 9.59 Å². The van der Waals surface area contributed by atoms with Gasteiger partial charge in [-0.15, -0.1) is 0 Å². The highest BCUT2D eigenvalue weighted by Crippen LogP contribution is 2.38. The van der Waals surface area contributed by atoms with Crippen LogP contribution in [0.4, 0.5) is 11.4 Å². The van der Waals surface area contributed by atoms with Crippen LogP contribution in [0, 0.1) is 6.92 Å². The quantitative estimate of drug-likeness (QED) is 0.360. The summed E-state index contributed by atoms with van der Waals surface area (Å²) < 4.78 is 11.3. The van der Waals surface area contributed by atoms with E-state index in [1.807, 2.05) is 0 Å². The fraction of sp³-hybridized carbons (Fsp3) is 0.263. The van der Waals surface area contributed by atoms with Gasteiger partial charge in [-0.25, -0.2) is 4.42 Å². The highest BCUT2D eigenvalue weighted by Gasteiger charge is 2.31. The molecule has 148 valence electrons. The lowest BCUT2D eigenvalue weighted by molar-refractivity contribution is -0.126. The lowest BCUT2D eigenvalue weighted by atomic mass is 10.2. The van der Waals surface area contributed by atoms with Gasteiger partial charge in [0.2, 0.25) is 6.04 Å². The molecule has 0 aliphatic carbocycles. The first-order chi connectivity index (χ1) is 13.3. The summed E-state index contributed by atoms with van der Waals surface area (Å²) in [5, 5.41) is 8.27. The fourth-order valence-electron chi connectivity index (χ4n) is 2.42. The van der Waals surface area contributed by atoms with Gasteiger partial charge in [0.15, 0.2) is 17.3 Å². The summed E-state index contributed by atoms with van der Waals surface area (Å²) in [6, 6.07) is 8.60. The maximum absolute atomic E-state index is 12.8. The Morgan fingerprint density at radius 3 is 2.36 bits per heavy atom. The Morgan fingerprint density at radius 2 is 1.79 bits per heavy atom. The van der Waals surface area contributed by atoms with E-state index in [-0.39, 0.29) is 11.4 Å². The maximum atomic E-state index is 12.8. The second-order valence-electron chi connectivity index (χ2n) is 5.77. The Morgan fingerprint density at radius 1 is 1.11 bits per heavy atom. The van der Waals surface area contributed by atoms with Crippen LogP contribution >= 0.6 is 23.4 Å². The molecular weight excluding hydrogens is 405 g/mol. The van der Waals surface area contributed by atoms with Crippen molar-refractivity contribution in [3.05, 3.63) is 47.0 Å². The number of ether oxygens (including phenoxy) is 2. The monoisotopic (exact) mass is 423 g/mol. The van der Waals surface area contributed by atoms with E-state index in [4.69, 9.17) is 32.9 Å². The number of ketones is 1. The largest absolute Gasteiger partial charge is 0.493 e.